The minimum Gasteiger partial charge on any atom is -0.507 e. The predicted molar refractivity (Wildman–Crippen MR) is 136 cm³/mol. The molecule has 1 amide bonds. The molecular weight excluding hydrogens is 517 g/mol. The number of nitrogens with zero attached hydrogens (tertiary/aromatic N) is 2. The largest absolute Gasteiger partial charge is 0.573 e. The van der Waals surface area contributed by atoms with Gasteiger partial charge in [0.15, 0.2) is 0 Å². The minimum atomic E-state index is -4.96. The zero-order valence-corrected chi connectivity index (χ0v) is 20.9. The second-order valence-electron chi connectivity index (χ2n) is 8.94. The summed E-state index contributed by atoms with van der Waals surface area (Å²) in [7, 11) is 3.30. The Bertz CT molecular complexity index is 1490. The first-order valence-electron chi connectivity index (χ1n) is 11.9. The molecule has 202 valence electrons. The van der Waals surface area contributed by atoms with Crippen molar-refractivity contribution in [2.75, 3.05) is 37.1 Å². The van der Waals surface area contributed by atoms with Crippen LogP contribution in [0.15, 0.2) is 72.3 Å². The van der Waals surface area contributed by atoms with Crippen LogP contribution in [0.3, 0.4) is 0 Å². The highest BCUT2D eigenvalue weighted by Crippen LogP contribution is 2.44. The highest BCUT2D eigenvalue weighted by molar-refractivity contribution is 6.51. The van der Waals surface area contributed by atoms with E-state index in [4.69, 9.17) is 9.47 Å². The minimum absolute atomic E-state index is 0.0238. The molecule has 0 bridgehead atoms. The number of anilines is 2. The van der Waals surface area contributed by atoms with Gasteiger partial charge in [-0.05, 0) is 48.0 Å². The number of amides is 1. The Morgan fingerprint density at radius 2 is 1.77 bits per heavy atom. The fourth-order valence-electron chi connectivity index (χ4n) is 4.71. The van der Waals surface area contributed by atoms with E-state index in [1.807, 2.05) is 11.9 Å². The molecule has 11 heteroatoms. The monoisotopic (exact) mass is 540 g/mol. The van der Waals surface area contributed by atoms with Gasteiger partial charge in [0.2, 0.25) is 0 Å². The smallest absolute Gasteiger partial charge is 0.507 e. The van der Waals surface area contributed by atoms with Gasteiger partial charge in [-0.1, -0.05) is 18.2 Å². The van der Waals surface area contributed by atoms with Crippen molar-refractivity contribution in [2.24, 2.45) is 0 Å². The first-order valence-corrected chi connectivity index (χ1v) is 11.9. The Labute approximate surface area is 221 Å². The first-order chi connectivity index (χ1) is 18.6. The van der Waals surface area contributed by atoms with E-state index < -0.39 is 35.6 Å². The molecule has 1 atom stereocenters. The molecule has 3 aromatic rings. The molecule has 1 fully saturated rings. The van der Waals surface area contributed by atoms with E-state index in [1.54, 1.807) is 42.5 Å². The average molecular weight is 540 g/mol. The molecule has 3 aromatic carbocycles. The Balaban J connectivity index is 1.68. The SMILES string of the molecule is COc1cccc(C2/C(=C(/O)c3ccc4c(c3)N(C)CCO4)C(=O)C(=O)N2c2cccc(OC(F)(F)F)c2)c1. The number of ketones is 1. The molecule has 0 spiro atoms. The van der Waals surface area contributed by atoms with Crippen LogP contribution in [0.2, 0.25) is 0 Å². The Morgan fingerprint density at radius 1 is 1.03 bits per heavy atom. The lowest BCUT2D eigenvalue weighted by Gasteiger charge is -2.28. The lowest BCUT2D eigenvalue weighted by Crippen LogP contribution is -2.29. The molecule has 0 saturated carbocycles. The molecular formula is C28H23F3N2O6. The summed E-state index contributed by atoms with van der Waals surface area (Å²) in [6.45, 7) is 1.11. The Morgan fingerprint density at radius 3 is 2.51 bits per heavy atom. The summed E-state index contributed by atoms with van der Waals surface area (Å²) in [5, 5.41) is 11.4. The number of aliphatic hydroxyl groups excluding tert-OH is 1. The number of rotatable bonds is 5. The number of aliphatic hydroxyl groups is 1. The van der Waals surface area contributed by atoms with Crippen molar-refractivity contribution in [3.05, 3.63) is 83.4 Å². The van der Waals surface area contributed by atoms with Crippen LogP contribution >= 0.6 is 0 Å². The van der Waals surface area contributed by atoms with Gasteiger partial charge in [0, 0.05) is 24.4 Å². The Hall–Kier alpha value is -4.67. The topological polar surface area (TPSA) is 88.5 Å². The molecule has 2 aliphatic heterocycles. The van der Waals surface area contributed by atoms with E-state index in [0.29, 0.717) is 35.9 Å². The number of benzene rings is 3. The zero-order valence-electron chi connectivity index (χ0n) is 20.9. The molecule has 39 heavy (non-hydrogen) atoms. The molecule has 0 aliphatic carbocycles. The van der Waals surface area contributed by atoms with Crippen molar-refractivity contribution in [1.29, 1.82) is 0 Å². The number of likely N-dealkylation sites (N-methyl/N-ethyl adjacent to an activating group) is 1. The van der Waals surface area contributed by atoms with Crippen LogP contribution in [0.1, 0.15) is 17.2 Å². The van der Waals surface area contributed by atoms with Gasteiger partial charge in [-0.3, -0.25) is 14.5 Å². The quantitative estimate of drug-likeness (QED) is 0.275. The lowest BCUT2D eigenvalue weighted by molar-refractivity contribution is -0.274. The number of Topliss-reactive ketones (excluding diaryl/α,β-unsaturated/α-hetero) is 1. The maximum absolute atomic E-state index is 13.4. The average Bonchev–Trinajstić information content (AvgIpc) is 3.17. The number of carbonyl (C=O) groups excluding carboxylic acids is 2. The van der Waals surface area contributed by atoms with Gasteiger partial charge in [-0.25, -0.2) is 0 Å². The molecule has 2 aliphatic rings. The molecule has 1 saturated heterocycles. The second-order valence-corrected chi connectivity index (χ2v) is 8.94. The van der Waals surface area contributed by atoms with E-state index in [9.17, 15) is 27.9 Å². The lowest BCUT2D eigenvalue weighted by atomic mass is 9.94. The summed E-state index contributed by atoms with van der Waals surface area (Å²) >= 11 is 0. The number of hydrogen-bond acceptors (Lipinski definition) is 7. The van der Waals surface area contributed by atoms with E-state index in [2.05, 4.69) is 4.74 Å². The van der Waals surface area contributed by atoms with Gasteiger partial charge in [0.25, 0.3) is 11.7 Å². The summed E-state index contributed by atoms with van der Waals surface area (Å²) in [6.07, 6.45) is -4.96. The highest BCUT2D eigenvalue weighted by Gasteiger charge is 2.47. The molecule has 0 aromatic heterocycles. The van der Waals surface area contributed by atoms with Crippen molar-refractivity contribution in [3.8, 4) is 17.2 Å². The molecule has 8 nitrogen and oxygen atoms in total. The number of carbonyl (C=O) groups is 2. The van der Waals surface area contributed by atoms with Gasteiger partial charge < -0.3 is 24.2 Å². The van der Waals surface area contributed by atoms with Crippen LogP contribution in [0.25, 0.3) is 5.76 Å². The third kappa shape index (κ3) is 4.95. The van der Waals surface area contributed by atoms with Gasteiger partial charge in [0.05, 0.1) is 31.0 Å². The third-order valence-electron chi connectivity index (χ3n) is 6.51. The number of alkyl halides is 3. The number of methoxy groups -OCH3 is 1. The van der Waals surface area contributed by atoms with Crippen molar-refractivity contribution >= 4 is 28.8 Å². The van der Waals surface area contributed by atoms with Gasteiger partial charge in [-0.2, -0.15) is 0 Å². The number of halogens is 3. The maximum atomic E-state index is 13.4. The standard InChI is InChI=1S/C28H23F3N2O6/c1-32-11-12-38-22-10-9-17(14-21(22)32)25(34)23-24(16-5-3-7-19(13-16)37-2)33(27(36)26(23)35)18-6-4-8-20(15-18)39-28(29,30)31/h3-10,13-15,24,34H,11-12H2,1-2H3/b25-23-. The van der Waals surface area contributed by atoms with Crippen molar-refractivity contribution < 1.29 is 42.1 Å². The van der Waals surface area contributed by atoms with Gasteiger partial charge in [0.1, 0.15) is 29.6 Å². The second kappa shape index (κ2) is 9.90. The van der Waals surface area contributed by atoms with Crippen LogP contribution in [0, 0.1) is 0 Å². The zero-order chi connectivity index (χ0) is 27.9. The highest BCUT2D eigenvalue weighted by atomic mass is 19.4. The summed E-state index contributed by atoms with van der Waals surface area (Å²) in [5.74, 6) is -2.00. The van der Waals surface area contributed by atoms with Gasteiger partial charge >= 0.3 is 6.36 Å². The number of fused-ring (bicyclic) bond motifs is 1. The molecule has 5 rings (SSSR count). The summed E-state index contributed by atoms with van der Waals surface area (Å²) in [4.78, 5) is 29.8. The summed E-state index contributed by atoms with van der Waals surface area (Å²) < 4.78 is 53.7. The van der Waals surface area contributed by atoms with Crippen LogP contribution in [-0.2, 0) is 9.59 Å². The fourth-order valence-corrected chi connectivity index (χ4v) is 4.71. The molecule has 2 heterocycles. The normalized spacial score (nSPS) is 18.5. The summed E-state index contributed by atoms with van der Waals surface area (Å²) in [5.41, 5.74) is 1.11. The van der Waals surface area contributed by atoms with E-state index in [1.165, 1.54) is 19.2 Å². The first kappa shape index (κ1) is 26.0. The number of ether oxygens (including phenoxy) is 3. The Kier molecular flexibility index (Phi) is 6.59. The molecule has 0 radical (unpaired) electrons. The van der Waals surface area contributed by atoms with Crippen molar-refractivity contribution in [1.82, 2.24) is 0 Å². The van der Waals surface area contributed by atoms with Crippen LogP contribution in [0.4, 0.5) is 24.5 Å². The van der Waals surface area contributed by atoms with E-state index >= 15 is 0 Å². The van der Waals surface area contributed by atoms with Gasteiger partial charge in [-0.15, -0.1) is 13.2 Å². The van der Waals surface area contributed by atoms with Crippen molar-refractivity contribution in [2.45, 2.75) is 12.4 Å². The molecule has 1 unspecified atom stereocenters. The number of hydrogen-bond donors (Lipinski definition) is 1. The van der Waals surface area contributed by atoms with Crippen LogP contribution < -0.4 is 24.0 Å². The van der Waals surface area contributed by atoms with Crippen LogP contribution in [-0.4, -0.2) is 50.5 Å². The van der Waals surface area contributed by atoms with E-state index in [-0.39, 0.29) is 16.8 Å². The van der Waals surface area contributed by atoms with E-state index in [0.717, 1.165) is 17.0 Å². The fraction of sp³-hybridized carbons (Fsp3) is 0.214. The van der Waals surface area contributed by atoms with Crippen LogP contribution in [0.5, 0.6) is 17.2 Å². The third-order valence-corrected chi connectivity index (χ3v) is 6.51. The predicted octanol–water partition coefficient (Wildman–Crippen LogP) is 5.05. The van der Waals surface area contributed by atoms with Crippen molar-refractivity contribution in [3.63, 3.8) is 0 Å². The maximum Gasteiger partial charge on any atom is 0.573 e. The molecule has 1 N–H and O–H groups in total. The summed E-state index contributed by atoms with van der Waals surface area (Å²) in [6, 6.07) is 15.0.